The molecule has 0 amide bonds. The summed E-state index contributed by atoms with van der Waals surface area (Å²) < 4.78 is 5.66. The number of carbonyl (C=O) groups excluding carboxylic acids is 1. The van der Waals surface area contributed by atoms with Gasteiger partial charge in [0.05, 0.1) is 0 Å². The maximum absolute atomic E-state index is 12.0. The van der Waals surface area contributed by atoms with Crippen molar-refractivity contribution in [3.8, 4) is 50.3 Å². The molecule has 0 saturated carbocycles. The second-order valence-corrected chi connectivity index (χ2v) is 6.94. The third kappa shape index (κ3) is 2.77. The molecule has 4 aromatic carbocycles. The van der Waals surface area contributed by atoms with Crippen LogP contribution in [0.4, 0.5) is 0 Å². The van der Waals surface area contributed by atoms with Crippen molar-refractivity contribution < 1.29 is 9.53 Å². The first-order valence-electron chi connectivity index (χ1n) is 9.54. The number of rotatable bonds is 2. The van der Waals surface area contributed by atoms with E-state index in [0.29, 0.717) is 5.75 Å². The van der Waals surface area contributed by atoms with Gasteiger partial charge in [-0.15, -0.1) is 0 Å². The van der Waals surface area contributed by atoms with Crippen molar-refractivity contribution in [3.63, 3.8) is 0 Å². The zero-order valence-electron chi connectivity index (χ0n) is 15.8. The standard InChI is InChI=1S/C27H18O2/c1-2-26(28)29-25-17-9-16-24-22-13-6-5-12-20(22)18-10-3-4-11-19(18)21-14-7-8-15-23(21)27(24)25/h2-17H,1H2. The molecule has 1 aliphatic rings. The molecule has 0 radical (unpaired) electrons. The van der Waals surface area contributed by atoms with Gasteiger partial charge in [0.25, 0.3) is 0 Å². The highest BCUT2D eigenvalue weighted by molar-refractivity contribution is 6.05. The van der Waals surface area contributed by atoms with Gasteiger partial charge < -0.3 is 4.74 Å². The summed E-state index contributed by atoms with van der Waals surface area (Å²) in [7, 11) is 0. The molecule has 0 N–H and O–H groups in total. The fraction of sp³-hybridized carbons (Fsp3) is 0. The maximum atomic E-state index is 12.0. The van der Waals surface area contributed by atoms with Crippen LogP contribution in [0.25, 0.3) is 44.5 Å². The van der Waals surface area contributed by atoms with Gasteiger partial charge in [0.15, 0.2) is 0 Å². The predicted octanol–water partition coefficient (Wildman–Crippen LogP) is 6.76. The van der Waals surface area contributed by atoms with Crippen LogP contribution in [0.3, 0.4) is 0 Å². The Morgan fingerprint density at radius 3 is 1.52 bits per heavy atom. The van der Waals surface area contributed by atoms with Crippen molar-refractivity contribution in [1.82, 2.24) is 0 Å². The van der Waals surface area contributed by atoms with Crippen LogP contribution >= 0.6 is 0 Å². The lowest BCUT2D eigenvalue weighted by Crippen LogP contribution is -2.06. The van der Waals surface area contributed by atoms with Crippen molar-refractivity contribution >= 4 is 5.97 Å². The molecule has 0 heterocycles. The van der Waals surface area contributed by atoms with Crippen LogP contribution in [0.15, 0.2) is 104 Å². The molecule has 0 fully saturated rings. The van der Waals surface area contributed by atoms with Crippen molar-refractivity contribution in [3.05, 3.63) is 104 Å². The van der Waals surface area contributed by atoms with E-state index >= 15 is 0 Å². The number of fused-ring (bicyclic) bond motifs is 8. The summed E-state index contributed by atoms with van der Waals surface area (Å²) in [6.07, 6.45) is 1.19. The van der Waals surface area contributed by atoms with E-state index in [9.17, 15) is 4.79 Å². The predicted molar refractivity (Wildman–Crippen MR) is 118 cm³/mol. The molecule has 2 heteroatoms. The van der Waals surface area contributed by atoms with Crippen LogP contribution in [-0.4, -0.2) is 5.97 Å². The zero-order chi connectivity index (χ0) is 19.8. The molecule has 0 saturated heterocycles. The Hall–Kier alpha value is -3.91. The van der Waals surface area contributed by atoms with Crippen LogP contribution < -0.4 is 4.74 Å². The highest BCUT2D eigenvalue weighted by atomic mass is 16.5. The molecular formula is C27H18O2. The normalized spacial score (nSPS) is 11.0. The lowest BCUT2D eigenvalue weighted by atomic mass is 9.80. The zero-order valence-corrected chi connectivity index (χ0v) is 15.8. The minimum Gasteiger partial charge on any atom is -0.423 e. The second-order valence-electron chi connectivity index (χ2n) is 6.94. The van der Waals surface area contributed by atoms with Crippen LogP contribution in [0.5, 0.6) is 5.75 Å². The topological polar surface area (TPSA) is 26.3 Å². The molecule has 0 bridgehead atoms. The van der Waals surface area contributed by atoms with E-state index in [0.717, 1.165) is 38.9 Å². The fourth-order valence-electron chi connectivity index (χ4n) is 4.11. The van der Waals surface area contributed by atoms with Crippen molar-refractivity contribution in [2.45, 2.75) is 0 Å². The number of carbonyl (C=O) groups is 1. The summed E-state index contributed by atoms with van der Waals surface area (Å²) >= 11 is 0. The number of esters is 1. The number of benzene rings is 4. The van der Waals surface area contributed by atoms with Crippen molar-refractivity contribution in [2.75, 3.05) is 0 Å². The summed E-state index contributed by atoms with van der Waals surface area (Å²) in [5.41, 5.74) is 8.72. The highest BCUT2D eigenvalue weighted by Crippen LogP contribution is 2.50. The van der Waals surface area contributed by atoms with Crippen LogP contribution in [0, 0.1) is 0 Å². The first-order valence-corrected chi connectivity index (χ1v) is 9.54. The monoisotopic (exact) mass is 374 g/mol. The van der Waals surface area contributed by atoms with Crippen LogP contribution in [-0.2, 0) is 4.79 Å². The van der Waals surface area contributed by atoms with E-state index < -0.39 is 5.97 Å². The SMILES string of the molecule is C=CC(=O)Oc1cccc2c1-c1ccccc1-c1ccccc1-c1ccccc1-2. The van der Waals surface area contributed by atoms with Gasteiger partial charge in [-0.3, -0.25) is 0 Å². The van der Waals surface area contributed by atoms with Gasteiger partial charge in [0, 0.05) is 11.6 Å². The van der Waals surface area contributed by atoms with Crippen molar-refractivity contribution in [2.24, 2.45) is 0 Å². The first kappa shape index (κ1) is 17.2. The van der Waals surface area contributed by atoms with E-state index in [2.05, 4.69) is 67.2 Å². The van der Waals surface area contributed by atoms with Gasteiger partial charge in [0.2, 0.25) is 0 Å². The first-order chi connectivity index (χ1) is 14.3. The summed E-state index contributed by atoms with van der Waals surface area (Å²) in [6.45, 7) is 3.54. The molecule has 138 valence electrons. The molecule has 1 aliphatic carbocycles. The Labute approximate surface area is 169 Å². The lowest BCUT2D eigenvalue weighted by Gasteiger charge is -2.24. The Balaban J connectivity index is 1.94. The summed E-state index contributed by atoms with van der Waals surface area (Å²) in [4.78, 5) is 12.0. The lowest BCUT2D eigenvalue weighted by molar-refractivity contribution is -0.128. The average molecular weight is 374 g/mol. The van der Waals surface area contributed by atoms with Crippen LogP contribution in [0.2, 0.25) is 0 Å². The Kier molecular flexibility index (Phi) is 4.10. The minimum atomic E-state index is -0.466. The molecule has 0 atom stereocenters. The molecule has 0 aromatic heterocycles. The summed E-state index contributed by atoms with van der Waals surface area (Å²) in [5.74, 6) is 0.0701. The quantitative estimate of drug-likeness (QED) is 0.194. The van der Waals surface area contributed by atoms with E-state index in [4.69, 9.17) is 4.74 Å². The third-order valence-electron chi connectivity index (χ3n) is 5.32. The third-order valence-corrected chi connectivity index (χ3v) is 5.32. The van der Waals surface area contributed by atoms with Gasteiger partial charge in [-0.05, 0) is 45.0 Å². The molecule has 0 aliphatic heterocycles. The van der Waals surface area contributed by atoms with E-state index in [-0.39, 0.29) is 0 Å². The van der Waals surface area contributed by atoms with E-state index in [1.807, 2.05) is 30.3 Å². The number of hydrogen-bond acceptors (Lipinski definition) is 2. The average Bonchev–Trinajstić information content (AvgIpc) is 2.78. The van der Waals surface area contributed by atoms with Gasteiger partial charge in [-0.1, -0.05) is 91.5 Å². The second kappa shape index (κ2) is 6.92. The van der Waals surface area contributed by atoms with E-state index in [1.165, 1.54) is 11.6 Å². The number of hydrogen-bond donors (Lipinski definition) is 0. The van der Waals surface area contributed by atoms with Crippen LogP contribution in [0.1, 0.15) is 0 Å². The molecule has 0 spiro atoms. The fourth-order valence-corrected chi connectivity index (χ4v) is 4.11. The molecule has 5 rings (SSSR count). The molecular weight excluding hydrogens is 356 g/mol. The van der Waals surface area contributed by atoms with Gasteiger partial charge in [-0.25, -0.2) is 4.79 Å². The van der Waals surface area contributed by atoms with Gasteiger partial charge >= 0.3 is 5.97 Å². The van der Waals surface area contributed by atoms with Crippen molar-refractivity contribution in [1.29, 1.82) is 0 Å². The largest absolute Gasteiger partial charge is 0.423 e. The van der Waals surface area contributed by atoms with Gasteiger partial charge in [0.1, 0.15) is 5.75 Å². The Morgan fingerprint density at radius 1 is 0.586 bits per heavy atom. The summed E-state index contributed by atoms with van der Waals surface area (Å²) in [5, 5.41) is 0. The smallest absolute Gasteiger partial charge is 0.335 e. The van der Waals surface area contributed by atoms with Gasteiger partial charge in [-0.2, -0.15) is 0 Å². The summed E-state index contributed by atoms with van der Waals surface area (Å²) in [6, 6.07) is 30.9. The Bertz CT molecular complexity index is 1260. The highest BCUT2D eigenvalue weighted by Gasteiger charge is 2.24. The molecule has 0 unspecified atom stereocenters. The molecule has 29 heavy (non-hydrogen) atoms. The maximum Gasteiger partial charge on any atom is 0.335 e. The Morgan fingerprint density at radius 2 is 1.00 bits per heavy atom. The molecule has 2 nitrogen and oxygen atoms in total. The molecule has 4 aromatic rings. The number of ether oxygens (including phenoxy) is 1. The van der Waals surface area contributed by atoms with E-state index in [1.54, 1.807) is 0 Å². The minimum absolute atomic E-state index is 0.466.